The Morgan fingerprint density at radius 1 is 1.14 bits per heavy atom. The molecule has 0 saturated carbocycles. The largest absolute Gasteiger partial charge is 0.391 e. The number of aromatic nitrogens is 2. The molecule has 1 aromatic heterocycles. The average molecular weight is 402 g/mol. The molecule has 1 aromatic carbocycles. The highest BCUT2D eigenvalue weighted by atomic mass is 19.1. The third-order valence-electron chi connectivity index (χ3n) is 5.87. The number of hydrogen-bond acceptors (Lipinski definition) is 5. The Kier molecular flexibility index (Phi) is 5.94. The molecular formula is C21H27FN4O3. The van der Waals surface area contributed by atoms with Crippen LogP contribution in [0.5, 0.6) is 0 Å². The summed E-state index contributed by atoms with van der Waals surface area (Å²) >= 11 is 0. The van der Waals surface area contributed by atoms with Gasteiger partial charge in [-0.2, -0.15) is 5.10 Å². The van der Waals surface area contributed by atoms with Gasteiger partial charge >= 0.3 is 0 Å². The van der Waals surface area contributed by atoms with Crippen LogP contribution in [0.2, 0.25) is 0 Å². The fourth-order valence-electron chi connectivity index (χ4n) is 4.24. The zero-order chi connectivity index (χ0) is 20.4. The quantitative estimate of drug-likeness (QED) is 0.843. The highest BCUT2D eigenvalue weighted by Crippen LogP contribution is 2.23. The van der Waals surface area contributed by atoms with Gasteiger partial charge in [0.1, 0.15) is 5.82 Å². The maximum absolute atomic E-state index is 13.2. The number of halogens is 1. The Balaban J connectivity index is 1.47. The van der Waals surface area contributed by atoms with Gasteiger partial charge in [0.2, 0.25) is 0 Å². The van der Waals surface area contributed by atoms with E-state index in [4.69, 9.17) is 4.74 Å². The van der Waals surface area contributed by atoms with Gasteiger partial charge in [-0.15, -0.1) is 0 Å². The summed E-state index contributed by atoms with van der Waals surface area (Å²) < 4.78 is 20.3. The molecule has 0 aliphatic carbocycles. The lowest BCUT2D eigenvalue weighted by Crippen LogP contribution is -2.49. The Morgan fingerprint density at radius 2 is 1.83 bits per heavy atom. The summed E-state index contributed by atoms with van der Waals surface area (Å²) in [6.45, 7) is 4.09. The first-order valence-electron chi connectivity index (χ1n) is 10.1. The number of rotatable bonds is 3. The minimum Gasteiger partial charge on any atom is -0.391 e. The molecule has 2 atom stereocenters. The molecule has 0 bridgehead atoms. The van der Waals surface area contributed by atoms with Crippen molar-refractivity contribution in [3.8, 4) is 11.3 Å². The standard InChI is InChI=1S/C21H27FN4O3/c1-24-19(15-2-4-16(22)5-3-15)14-17(23-24)21(28)26-8-6-18(20(27)7-9-26)25-10-12-29-13-11-25/h2-5,14,18,20,27H,6-13H2,1H3/t18-,20-/m0/s1. The molecule has 2 aromatic rings. The Labute approximate surface area is 169 Å². The van der Waals surface area contributed by atoms with E-state index in [1.807, 2.05) is 0 Å². The van der Waals surface area contributed by atoms with E-state index in [1.165, 1.54) is 12.1 Å². The summed E-state index contributed by atoms with van der Waals surface area (Å²) in [4.78, 5) is 17.1. The molecular weight excluding hydrogens is 375 g/mol. The van der Waals surface area contributed by atoms with Crippen LogP contribution in [-0.2, 0) is 11.8 Å². The van der Waals surface area contributed by atoms with Crippen LogP contribution in [0.4, 0.5) is 4.39 Å². The molecule has 1 amide bonds. The number of carbonyl (C=O) groups excluding carboxylic acids is 1. The SMILES string of the molecule is Cn1nc(C(=O)N2CC[C@H](O)[C@@H](N3CCOCC3)CC2)cc1-c1ccc(F)cc1. The van der Waals surface area contributed by atoms with Crippen LogP contribution in [0.1, 0.15) is 23.3 Å². The van der Waals surface area contributed by atoms with Crippen LogP contribution in [0.15, 0.2) is 30.3 Å². The Morgan fingerprint density at radius 3 is 2.55 bits per heavy atom. The molecule has 29 heavy (non-hydrogen) atoms. The number of aryl methyl sites for hydroxylation is 1. The van der Waals surface area contributed by atoms with E-state index in [1.54, 1.807) is 34.8 Å². The zero-order valence-electron chi connectivity index (χ0n) is 16.6. The van der Waals surface area contributed by atoms with Crippen LogP contribution < -0.4 is 0 Å². The van der Waals surface area contributed by atoms with E-state index in [9.17, 15) is 14.3 Å². The van der Waals surface area contributed by atoms with Crippen molar-refractivity contribution in [3.05, 3.63) is 41.8 Å². The number of aliphatic hydroxyl groups excluding tert-OH is 1. The molecule has 0 unspecified atom stereocenters. The van der Waals surface area contributed by atoms with E-state index >= 15 is 0 Å². The third-order valence-corrected chi connectivity index (χ3v) is 5.87. The molecule has 2 aliphatic rings. The van der Waals surface area contributed by atoms with Crippen molar-refractivity contribution >= 4 is 5.91 Å². The van der Waals surface area contributed by atoms with Gasteiger partial charge in [0.15, 0.2) is 5.69 Å². The third kappa shape index (κ3) is 4.34. The van der Waals surface area contributed by atoms with Crippen LogP contribution in [-0.4, -0.2) is 82.1 Å². The number of amides is 1. The van der Waals surface area contributed by atoms with Crippen molar-refractivity contribution in [3.63, 3.8) is 0 Å². The number of likely N-dealkylation sites (tertiary alicyclic amines) is 1. The number of ether oxygens (including phenoxy) is 1. The minimum absolute atomic E-state index is 0.0511. The lowest BCUT2D eigenvalue weighted by atomic mass is 10.0. The van der Waals surface area contributed by atoms with Crippen LogP contribution in [0, 0.1) is 5.82 Å². The summed E-state index contributed by atoms with van der Waals surface area (Å²) in [6.07, 6.45) is 0.820. The summed E-state index contributed by atoms with van der Waals surface area (Å²) in [6, 6.07) is 7.94. The molecule has 1 N–H and O–H groups in total. The van der Waals surface area contributed by atoms with Gasteiger partial charge in [0.25, 0.3) is 5.91 Å². The lowest BCUT2D eigenvalue weighted by Gasteiger charge is -2.36. The number of hydrogen-bond donors (Lipinski definition) is 1. The zero-order valence-corrected chi connectivity index (χ0v) is 16.6. The number of morpholine rings is 1. The van der Waals surface area contributed by atoms with E-state index in [2.05, 4.69) is 10.00 Å². The van der Waals surface area contributed by atoms with E-state index in [-0.39, 0.29) is 17.8 Å². The molecule has 156 valence electrons. The van der Waals surface area contributed by atoms with Gasteiger partial charge < -0.3 is 14.7 Å². The number of carbonyl (C=O) groups is 1. The number of benzene rings is 1. The highest BCUT2D eigenvalue weighted by molar-refractivity contribution is 5.93. The Bertz CT molecular complexity index is 848. The molecule has 0 spiro atoms. The predicted octanol–water partition coefficient (Wildman–Crippen LogP) is 1.52. The second-order valence-electron chi connectivity index (χ2n) is 7.70. The van der Waals surface area contributed by atoms with Gasteiger partial charge in [-0.1, -0.05) is 0 Å². The van der Waals surface area contributed by atoms with Gasteiger partial charge in [-0.3, -0.25) is 14.4 Å². The smallest absolute Gasteiger partial charge is 0.274 e. The van der Waals surface area contributed by atoms with Crippen molar-refractivity contribution in [2.24, 2.45) is 7.05 Å². The average Bonchev–Trinajstić information content (AvgIpc) is 3.01. The van der Waals surface area contributed by atoms with Gasteiger partial charge in [-0.05, 0) is 48.7 Å². The van der Waals surface area contributed by atoms with E-state index in [0.29, 0.717) is 38.4 Å². The maximum Gasteiger partial charge on any atom is 0.274 e. The molecule has 3 heterocycles. The second-order valence-corrected chi connectivity index (χ2v) is 7.70. The number of nitrogens with zero attached hydrogens (tertiary/aromatic N) is 4. The Hall–Kier alpha value is -2.29. The maximum atomic E-state index is 13.2. The van der Waals surface area contributed by atoms with E-state index < -0.39 is 6.10 Å². The normalized spacial score (nSPS) is 23.8. The van der Waals surface area contributed by atoms with Crippen molar-refractivity contribution in [1.82, 2.24) is 19.6 Å². The fraction of sp³-hybridized carbons (Fsp3) is 0.524. The van der Waals surface area contributed by atoms with E-state index in [0.717, 1.165) is 30.8 Å². The van der Waals surface area contributed by atoms with Crippen LogP contribution >= 0.6 is 0 Å². The van der Waals surface area contributed by atoms with Crippen molar-refractivity contribution < 1.29 is 19.0 Å². The number of aliphatic hydroxyl groups is 1. The topological polar surface area (TPSA) is 70.8 Å². The van der Waals surface area contributed by atoms with Crippen molar-refractivity contribution in [1.29, 1.82) is 0 Å². The predicted molar refractivity (Wildman–Crippen MR) is 106 cm³/mol. The summed E-state index contributed by atoms with van der Waals surface area (Å²) in [7, 11) is 1.77. The highest BCUT2D eigenvalue weighted by Gasteiger charge is 2.32. The monoisotopic (exact) mass is 402 g/mol. The van der Waals surface area contributed by atoms with Gasteiger partial charge in [0.05, 0.1) is 25.0 Å². The summed E-state index contributed by atoms with van der Waals surface area (Å²) in [5, 5.41) is 15.0. The molecule has 7 nitrogen and oxygen atoms in total. The molecule has 0 radical (unpaired) electrons. The first-order chi connectivity index (χ1) is 14.0. The fourth-order valence-corrected chi connectivity index (χ4v) is 4.24. The molecule has 4 rings (SSSR count). The van der Waals surface area contributed by atoms with Crippen molar-refractivity contribution in [2.75, 3.05) is 39.4 Å². The first-order valence-corrected chi connectivity index (χ1v) is 10.1. The van der Waals surface area contributed by atoms with Crippen LogP contribution in [0.3, 0.4) is 0 Å². The first kappa shape index (κ1) is 20.0. The summed E-state index contributed by atoms with van der Waals surface area (Å²) in [5.74, 6) is -0.436. The van der Waals surface area contributed by atoms with Gasteiger partial charge in [-0.25, -0.2) is 4.39 Å². The van der Waals surface area contributed by atoms with Crippen molar-refractivity contribution in [2.45, 2.75) is 25.0 Å². The molecule has 2 saturated heterocycles. The second kappa shape index (κ2) is 8.61. The molecule has 2 fully saturated rings. The summed E-state index contributed by atoms with van der Waals surface area (Å²) in [5.41, 5.74) is 1.93. The lowest BCUT2D eigenvalue weighted by molar-refractivity contribution is -0.0222. The van der Waals surface area contributed by atoms with Crippen LogP contribution in [0.25, 0.3) is 11.3 Å². The molecule has 2 aliphatic heterocycles. The van der Waals surface area contributed by atoms with Gasteiger partial charge in [0, 0.05) is 39.3 Å². The molecule has 8 heteroatoms. The minimum atomic E-state index is -0.454.